The molecule has 2 aromatic heterocycles. The number of para-hydroxylation sites is 2. The first-order valence-electron chi connectivity index (χ1n) is 16.1. The maximum absolute atomic E-state index is 12.2. The smallest absolute Gasteiger partial charge is 0.345 e. The van der Waals surface area contributed by atoms with E-state index < -0.39 is 34.4 Å². The maximum atomic E-state index is 12.2. The lowest BCUT2D eigenvalue weighted by atomic mass is 9.99. The third-order valence-electron chi connectivity index (χ3n) is 8.83. The van der Waals surface area contributed by atoms with Crippen LogP contribution in [0, 0.1) is 0 Å². The van der Waals surface area contributed by atoms with Crippen molar-refractivity contribution in [1.29, 1.82) is 0 Å². The number of carboxylic acid groups (broad SMARTS) is 2. The van der Waals surface area contributed by atoms with E-state index in [0.29, 0.717) is 24.1 Å². The molecule has 4 aromatic rings. The zero-order valence-corrected chi connectivity index (χ0v) is 26.6. The summed E-state index contributed by atoms with van der Waals surface area (Å²) < 4.78 is 0. The Balaban J connectivity index is 0.000000185. The Kier molecular flexibility index (Phi) is 10.1. The molecular formula is C36H40N4O7. The summed E-state index contributed by atoms with van der Waals surface area (Å²) in [6.07, 6.45) is 5.64. The van der Waals surface area contributed by atoms with Crippen molar-refractivity contribution in [3.8, 4) is 28.3 Å². The molecule has 0 amide bonds. The Labute approximate surface area is 272 Å². The van der Waals surface area contributed by atoms with Crippen LogP contribution in [0.2, 0.25) is 0 Å². The van der Waals surface area contributed by atoms with Gasteiger partial charge in [-0.2, -0.15) is 0 Å². The Morgan fingerprint density at radius 2 is 1.19 bits per heavy atom. The molecule has 11 nitrogen and oxygen atoms in total. The fourth-order valence-corrected chi connectivity index (χ4v) is 6.49. The summed E-state index contributed by atoms with van der Waals surface area (Å²) in [5.41, 5.74) is 4.20. The lowest BCUT2D eigenvalue weighted by molar-refractivity contribution is 0.0682. The van der Waals surface area contributed by atoms with Gasteiger partial charge in [-0.25, -0.2) is 9.59 Å². The average Bonchev–Trinajstić information content (AvgIpc) is 3.80. The van der Waals surface area contributed by atoms with Crippen molar-refractivity contribution >= 4 is 23.3 Å². The number of nitrogens with zero attached hydrogens (tertiary/aromatic N) is 2. The van der Waals surface area contributed by atoms with Crippen molar-refractivity contribution in [2.24, 2.45) is 0 Å². The molecule has 0 radical (unpaired) electrons. The number of hydrogen-bond acceptors (Lipinski definition) is 7. The van der Waals surface area contributed by atoms with Gasteiger partial charge in [0.15, 0.2) is 5.56 Å². The number of carbonyl (C=O) groups is 2. The number of aromatic amines is 2. The number of hydrogen-bond donors (Lipinski definition) is 5. The van der Waals surface area contributed by atoms with E-state index in [-0.39, 0.29) is 5.56 Å². The first-order valence-corrected chi connectivity index (χ1v) is 16.1. The predicted octanol–water partition coefficient (Wildman–Crippen LogP) is 5.51. The van der Waals surface area contributed by atoms with Gasteiger partial charge < -0.3 is 35.1 Å². The summed E-state index contributed by atoms with van der Waals surface area (Å²) in [6, 6.07) is 17.2. The third-order valence-corrected chi connectivity index (χ3v) is 8.83. The standard InChI is InChI=1S/C18H20N2O4.C18H20N2O3/c1-2-11-15(19-17(22)14(16(11)21)18(23)24)12-7-3-4-8-13(12)20-9-5-6-10-20;1-2-12-11-14(18(22)23)17(21)19-16(12)13-7-3-4-8-15(13)20-9-5-6-10-20/h3-4,7-8H,2,5-6,9-10H2,1H3,(H,23,24)(H2,19,21,22);3-4,7-8,11H,2,5-6,9-10H2,1H3,(H,19,21)(H,22,23). The largest absolute Gasteiger partial charge is 0.506 e. The summed E-state index contributed by atoms with van der Waals surface area (Å²) in [7, 11) is 0. The van der Waals surface area contributed by atoms with E-state index in [2.05, 4.69) is 25.8 Å². The molecule has 0 bridgehead atoms. The second-order valence-electron chi connectivity index (χ2n) is 11.7. The van der Waals surface area contributed by atoms with Gasteiger partial charge in [0, 0.05) is 54.2 Å². The lowest BCUT2D eigenvalue weighted by Gasteiger charge is -2.22. The molecule has 2 saturated heterocycles. The normalized spacial score (nSPS) is 14.2. The van der Waals surface area contributed by atoms with E-state index in [4.69, 9.17) is 10.2 Å². The first-order chi connectivity index (χ1) is 22.7. The van der Waals surface area contributed by atoms with Crippen molar-refractivity contribution in [2.75, 3.05) is 36.0 Å². The number of aromatic hydroxyl groups is 1. The van der Waals surface area contributed by atoms with E-state index in [1.807, 2.05) is 56.3 Å². The van der Waals surface area contributed by atoms with Crippen LogP contribution in [0.1, 0.15) is 71.4 Å². The molecule has 0 unspecified atom stereocenters. The second kappa shape index (κ2) is 14.4. The number of anilines is 2. The molecule has 2 aromatic carbocycles. The summed E-state index contributed by atoms with van der Waals surface area (Å²) in [6.45, 7) is 7.69. The number of aromatic nitrogens is 2. The molecule has 6 rings (SSSR count). The number of benzene rings is 2. The van der Waals surface area contributed by atoms with Crippen LogP contribution in [-0.2, 0) is 12.8 Å². The molecule has 2 fully saturated rings. The summed E-state index contributed by atoms with van der Waals surface area (Å²) in [4.78, 5) is 56.7. The Bertz CT molecular complexity index is 1900. The van der Waals surface area contributed by atoms with Gasteiger partial charge in [0.1, 0.15) is 11.3 Å². The zero-order chi connectivity index (χ0) is 33.7. The van der Waals surface area contributed by atoms with Crippen LogP contribution in [-0.4, -0.2) is 63.4 Å². The number of aryl methyl sites for hydroxylation is 1. The molecule has 0 spiro atoms. The van der Waals surface area contributed by atoms with Crippen LogP contribution in [0.25, 0.3) is 22.5 Å². The highest BCUT2D eigenvalue weighted by Gasteiger charge is 2.25. The molecule has 2 aliphatic rings. The minimum absolute atomic E-state index is 0.204. The Hall–Kier alpha value is -5.32. The molecule has 0 aliphatic carbocycles. The van der Waals surface area contributed by atoms with Crippen molar-refractivity contribution in [1.82, 2.24) is 9.97 Å². The molecule has 246 valence electrons. The van der Waals surface area contributed by atoms with E-state index in [0.717, 1.165) is 72.8 Å². The molecule has 2 aliphatic heterocycles. The highest BCUT2D eigenvalue weighted by atomic mass is 16.4. The second-order valence-corrected chi connectivity index (χ2v) is 11.7. The monoisotopic (exact) mass is 640 g/mol. The van der Waals surface area contributed by atoms with E-state index in [1.165, 1.54) is 18.9 Å². The quantitative estimate of drug-likeness (QED) is 0.167. The highest BCUT2D eigenvalue weighted by molar-refractivity contribution is 5.92. The SMILES string of the molecule is CCc1c(-c2ccccc2N2CCCC2)[nH]c(=O)c(C(=O)O)c1O.CCc1cc(C(=O)O)c(=O)[nH]c1-c1ccccc1N1CCCC1. The van der Waals surface area contributed by atoms with Crippen molar-refractivity contribution in [2.45, 2.75) is 52.4 Å². The molecular weight excluding hydrogens is 600 g/mol. The average molecular weight is 641 g/mol. The molecule has 4 heterocycles. The molecule has 0 saturated carbocycles. The van der Waals surface area contributed by atoms with Crippen LogP contribution in [0.3, 0.4) is 0 Å². The van der Waals surface area contributed by atoms with Crippen LogP contribution in [0.4, 0.5) is 11.4 Å². The number of carboxylic acids is 2. The van der Waals surface area contributed by atoms with Crippen molar-refractivity contribution in [3.05, 3.63) is 97.6 Å². The fourth-order valence-electron chi connectivity index (χ4n) is 6.49. The van der Waals surface area contributed by atoms with Crippen molar-refractivity contribution in [3.63, 3.8) is 0 Å². The summed E-state index contributed by atoms with van der Waals surface area (Å²) in [5, 5.41) is 28.6. The highest BCUT2D eigenvalue weighted by Crippen LogP contribution is 2.37. The van der Waals surface area contributed by atoms with Gasteiger partial charge in [-0.05, 0) is 62.3 Å². The Morgan fingerprint density at radius 1 is 0.702 bits per heavy atom. The van der Waals surface area contributed by atoms with E-state index in [9.17, 15) is 24.3 Å². The van der Waals surface area contributed by atoms with Gasteiger partial charge in [-0.3, -0.25) is 9.59 Å². The lowest BCUT2D eigenvalue weighted by Crippen LogP contribution is -2.22. The zero-order valence-electron chi connectivity index (χ0n) is 26.6. The fraction of sp³-hybridized carbons (Fsp3) is 0.333. The maximum Gasteiger partial charge on any atom is 0.345 e. The number of nitrogens with one attached hydrogen (secondary N) is 2. The van der Waals surface area contributed by atoms with Gasteiger partial charge in [0.05, 0.1) is 11.4 Å². The van der Waals surface area contributed by atoms with Gasteiger partial charge in [0.2, 0.25) is 0 Å². The number of rotatable bonds is 8. The van der Waals surface area contributed by atoms with E-state index >= 15 is 0 Å². The van der Waals surface area contributed by atoms with Gasteiger partial charge in [0.25, 0.3) is 11.1 Å². The van der Waals surface area contributed by atoms with Gasteiger partial charge in [-0.1, -0.05) is 50.2 Å². The summed E-state index contributed by atoms with van der Waals surface area (Å²) in [5.74, 6) is -3.07. The van der Waals surface area contributed by atoms with Crippen LogP contribution in [0.5, 0.6) is 5.75 Å². The predicted molar refractivity (Wildman–Crippen MR) is 182 cm³/mol. The van der Waals surface area contributed by atoms with Crippen LogP contribution < -0.4 is 20.9 Å². The topological polar surface area (TPSA) is 167 Å². The number of aromatic carboxylic acids is 2. The van der Waals surface area contributed by atoms with Gasteiger partial charge in [-0.15, -0.1) is 0 Å². The molecule has 47 heavy (non-hydrogen) atoms. The molecule has 0 atom stereocenters. The molecule has 11 heteroatoms. The third kappa shape index (κ3) is 6.79. The van der Waals surface area contributed by atoms with Crippen molar-refractivity contribution < 1.29 is 24.9 Å². The van der Waals surface area contributed by atoms with E-state index in [1.54, 1.807) is 0 Å². The first kappa shape index (κ1) is 33.1. The number of pyridine rings is 2. The van der Waals surface area contributed by atoms with Gasteiger partial charge >= 0.3 is 11.9 Å². The molecule has 5 N–H and O–H groups in total. The minimum atomic E-state index is -1.43. The van der Waals surface area contributed by atoms with Crippen LogP contribution in [0.15, 0.2) is 64.2 Å². The number of H-pyrrole nitrogens is 2. The minimum Gasteiger partial charge on any atom is -0.506 e. The van der Waals surface area contributed by atoms with Crippen LogP contribution >= 0.6 is 0 Å². The summed E-state index contributed by atoms with van der Waals surface area (Å²) >= 11 is 0. The Morgan fingerprint density at radius 3 is 1.66 bits per heavy atom.